The summed E-state index contributed by atoms with van der Waals surface area (Å²) in [6.07, 6.45) is 1.57. The molecule has 2 N–H and O–H groups in total. The van der Waals surface area contributed by atoms with E-state index in [9.17, 15) is 13.6 Å². The average molecular weight is 360 g/mol. The second-order valence-corrected chi connectivity index (χ2v) is 6.01. The van der Waals surface area contributed by atoms with Gasteiger partial charge in [-0.25, -0.2) is 13.8 Å². The van der Waals surface area contributed by atoms with Crippen LogP contribution >= 0.6 is 23.7 Å². The van der Waals surface area contributed by atoms with Crippen molar-refractivity contribution in [1.82, 2.24) is 10.3 Å². The topological polar surface area (TPSA) is 54.0 Å². The summed E-state index contributed by atoms with van der Waals surface area (Å²) in [4.78, 5) is 16.3. The Hall–Kier alpha value is -1.57. The molecule has 1 aromatic heterocycles. The van der Waals surface area contributed by atoms with E-state index in [-0.39, 0.29) is 35.5 Å². The minimum atomic E-state index is -0.665. The van der Waals surface area contributed by atoms with Crippen LogP contribution in [0.25, 0.3) is 11.3 Å². The Balaban J connectivity index is 0.00000192. The quantitative estimate of drug-likeness (QED) is 0.882. The van der Waals surface area contributed by atoms with Crippen LogP contribution in [0.4, 0.5) is 13.9 Å². The van der Waals surface area contributed by atoms with Gasteiger partial charge in [0.2, 0.25) is 5.91 Å². The van der Waals surface area contributed by atoms with Gasteiger partial charge in [0.15, 0.2) is 5.13 Å². The van der Waals surface area contributed by atoms with Gasteiger partial charge in [-0.05, 0) is 38.1 Å². The fourth-order valence-electron chi connectivity index (χ4n) is 2.48. The molecule has 0 aliphatic carbocycles. The number of hydrogen-bond donors (Lipinski definition) is 2. The number of nitrogens with one attached hydrogen (secondary N) is 2. The molecular formula is C15H16ClF2N3OS. The predicted molar refractivity (Wildman–Crippen MR) is 88.9 cm³/mol. The van der Waals surface area contributed by atoms with E-state index in [0.29, 0.717) is 5.13 Å². The Kier molecular flexibility index (Phi) is 6.04. The highest BCUT2D eigenvalue weighted by Gasteiger charge is 2.22. The lowest BCUT2D eigenvalue weighted by Gasteiger charge is -2.20. The number of nitrogens with zero attached hydrogens (tertiary/aromatic N) is 1. The summed E-state index contributed by atoms with van der Waals surface area (Å²) in [5, 5.41) is 7.84. The lowest BCUT2D eigenvalue weighted by molar-refractivity contribution is -0.120. The van der Waals surface area contributed by atoms with Gasteiger partial charge in [0.05, 0.1) is 11.3 Å². The van der Waals surface area contributed by atoms with Gasteiger partial charge >= 0.3 is 0 Å². The number of anilines is 1. The molecular weight excluding hydrogens is 344 g/mol. The van der Waals surface area contributed by atoms with E-state index in [0.717, 1.165) is 37.3 Å². The zero-order valence-electron chi connectivity index (χ0n) is 12.1. The van der Waals surface area contributed by atoms with Crippen LogP contribution in [0.2, 0.25) is 0 Å². The number of rotatable bonds is 3. The summed E-state index contributed by atoms with van der Waals surface area (Å²) in [6, 6.07) is 3.68. The molecule has 8 heteroatoms. The molecule has 23 heavy (non-hydrogen) atoms. The van der Waals surface area contributed by atoms with Crippen LogP contribution in [-0.4, -0.2) is 24.0 Å². The lowest BCUT2D eigenvalue weighted by Crippen LogP contribution is -2.34. The summed E-state index contributed by atoms with van der Waals surface area (Å²) in [6.45, 7) is 1.64. The van der Waals surface area contributed by atoms with Crippen LogP contribution in [0.1, 0.15) is 12.8 Å². The van der Waals surface area contributed by atoms with Crippen LogP contribution in [0, 0.1) is 17.6 Å². The molecule has 0 saturated carbocycles. The maximum Gasteiger partial charge on any atom is 0.229 e. The molecule has 124 valence electrons. The Morgan fingerprint density at radius 1 is 1.26 bits per heavy atom. The fraction of sp³-hybridized carbons (Fsp3) is 0.333. The highest BCUT2D eigenvalue weighted by Crippen LogP contribution is 2.29. The second kappa shape index (κ2) is 7.81. The lowest BCUT2D eigenvalue weighted by atomic mass is 9.97. The number of carbonyl (C=O) groups is 1. The SMILES string of the molecule is Cl.O=C(Nc1nc(-c2c(F)cccc2F)cs1)C1CCNCC1. The van der Waals surface area contributed by atoms with E-state index in [1.165, 1.54) is 18.2 Å². The summed E-state index contributed by atoms with van der Waals surface area (Å²) < 4.78 is 27.5. The number of piperidine rings is 1. The highest BCUT2D eigenvalue weighted by molar-refractivity contribution is 7.14. The first kappa shape index (κ1) is 17.8. The number of aromatic nitrogens is 1. The van der Waals surface area contributed by atoms with E-state index in [1.54, 1.807) is 5.38 Å². The number of thiazole rings is 1. The van der Waals surface area contributed by atoms with Crippen molar-refractivity contribution in [3.63, 3.8) is 0 Å². The zero-order valence-corrected chi connectivity index (χ0v) is 13.8. The Morgan fingerprint density at radius 2 is 1.91 bits per heavy atom. The first-order valence-electron chi connectivity index (χ1n) is 7.06. The largest absolute Gasteiger partial charge is 0.317 e. The number of halogens is 3. The normalized spacial score (nSPS) is 15.0. The van der Waals surface area contributed by atoms with E-state index in [4.69, 9.17) is 0 Å². The van der Waals surface area contributed by atoms with Crippen molar-refractivity contribution >= 4 is 34.8 Å². The van der Waals surface area contributed by atoms with E-state index >= 15 is 0 Å². The van der Waals surface area contributed by atoms with E-state index in [2.05, 4.69) is 15.6 Å². The molecule has 1 saturated heterocycles. The third-order valence-corrected chi connectivity index (χ3v) is 4.42. The molecule has 0 unspecified atom stereocenters. The predicted octanol–water partition coefficient (Wildman–Crippen LogP) is 3.45. The molecule has 1 aromatic carbocycles. The van der Waals surface area contributed by atoms with Gasteiger partial charge in [-0.15, -0.1) is 23.7 Å². The first-order valence-corrected chi connectivity index (χ1v) is 7.94. The first-order chi connectivity index (χ1) is 10.6. The molecule has 4 nitrogen and oxygen atoms in total. The molecule has 0 bridgehead atoms. The molecule has 1 aliphatic rings. The fourth-order valence-corrected chi connectivity index (χ4v) is 3.18. The zero-order chi connectivity index (χ0) is 15.5. The van der Waals surface area contributed by atoms with E-state index in [1.807, 2.05) is 0 Å². The Morgan fingerprint density at radius 3 is 2.57 bits per heavy atom. The monoisotopic (exact) mass is 359 g/mol. The van der Waals surface area contributed by atoms with Gasteiger partial charge in [0, 0.05) is 11.3 Å². The molecule has 1 amide bonds. The molecule has 1 fully saturated rings. The maximum atomic E-state index is 13.7. The number of hydrogen-bond acceptors (Lipinski definition) is 4. The molecule has 1 aliphatic heterocycles. The van der Waals surface area contributed by atoms with Gasteiger partial charge in [0.1, 0.15) is 11.6 Å². The second-order valence-electron chi connectivity index (χ2n) is 5.15. The van der Waals surface area contributed by atoms with Crippen LogP contribution in [0.5, 0.6) is 0 Å². The molecule has 2 heterocycles. The number of carbonyl (C=O) groups excluding carboxylic acids is 1. The van der Waals surface area contributed by atoms with Crippen molar-refractivity contribution in [2.24, 2.45) is 5.92 Å². The molecule has 0 spiro atoms. The van der Waals surface area contributed by atoms with Gasteiger partial charge < -0.3 is 10.6 Å². The van der Waals surface area contributed by atoms with Crippen molar-refractivity contribution in [3.8, 4) is 11.3 Å². The van der Waals surface area contributed by atoms with Crippen LogP contribution in [0.3, 0.4) is 0 Å². The Labute approximate surface area is 142 Å². The molecule has 0 atom stereocenters. The summed E-state index contributed by atoms with van der Waals surface area (Å²) in [5.41, 5.74) is 0.0299. The van der Waals surface area contributed by atoms with Crippen molar-refractivity contribution in [1.29, 1.82) is 0 Å². The minimum Gasteiger partial charge on any atom is -0.317 e. The van der Waals surface area contributed by atoms with Gasteiger partial charge in [-0.2, -0.15) is 0 Å². The van der Waals surface area contributed by atoms with Crippen LogP contribution < -0.4 is 10.6 Å². The summed E-state index contributed by atoms with van der Waals surface area (Å²) in [7, 11) is 0. The molecule has 3 rings (SSSR count). The van der Waals surface area contributed by atoms with Gasteiger partial charge in [-0.3, -0.25) is 4.79 Å². The van der Waals surface area contributed by atoms with Crippen LogP contribution in [-0.2, 0) is 4.79 Å². The standard InChI is InChI=1S/C15H15F2N3OS.ClH/c16-10-2-1-3-11(17)13(10)12-8-22-15(19-12)20-14(21)9-4-6-18-7-5-9;/h1-3,8-9,18H,4-7H2,(H,19,20,21);1H. The van der Waals surface area contributed by atoms with Crippen molar-refractivity contribution < 1.29 is 13.6 Å². The Bertz CT molecular complexity index is 669. The molecule has 0 radical (unpaired) electrons. The summed E-state index contributed by atoms with van der Waals surface area (Å²) >= 11 is 1.16. The van der Waals surface area contributed by atoms with E-state index < -0.39 is 11.6 Å². The smallest absolute Gasteiger partial charge is 0.229 e. The maximum absolute atomic E-state index is 13.7. The average Bonchev–Trinajstić information content (AvgIpc) is 2.96. The summed E-state index contributed by atoms with van der Waals surface area (Å²) in [5.74, 6) is -1.46. The van der Waals surface area contributed by atoms with Crippen molar-refractivity contribution in [3.05, 3.63) is 35.2 Å². The third kappa shape index (κ3) is 4.04. The minimum absolute atomic E-state index is 0. The van der Waals surface area contributed by atoms with Crippen molar-refractivity contribution in [2.45, 2.75) is 12.8 Å². The highest BCUT2D eigenvalue weighted by atomic mass is 35.5. The van der Waals surface area contributed by atoms with Crippen LogP contribution in [0.15, 0.2) is 23.6 Å². The van der Waals surface area contributed by atoms with Gasteiger partial charge in [-0.1, -0.05) is 6.07 Å². The van der Waals surface area contributed by atoms with Gasteiger partial charge in [0.25, 0.3) is 0 Å². The van der Waals surface area contributed by atoms with Crippen molar-refractivity contribution in [2.75, 3.05) is 18.4 Å². The third-order valence-electron chi connectivity index (χ3n) is 3.66. The molecule has 2 aromatic rings. The number of benzene rings is 1. The number of amides is 1.